The zero-order chi connectivity index (χ0) is 15.7. The molecule has 0 atom stereocenters. The van der Waals surface area contributed by atoms with Gasteiger partial charge in [0.15, 0.2) is 0 Å². The molecular formula is C16H13Cl2N3O. The Morgan fingerprint density at radius 2 is 2.18 bits per heavy atom. The molecule has 0 amide bonds. The Hall–Kier alpha value is -1.80. The third-order valence-electron chi connectivity index (χ3n) is 3.83. The lowest BCUT2D eigenvalue weighted by atomic mass is 10.0. The smallest absolute Gasteiger partial charge is 0.266 e. The first-order valence-corrected chi connectivity index (χ1v) is 7.64. The second-order valence-electron chi connectivity index (χ2n) is 5.30. The van der Waals surface area contributed by atoms with Crippen molar-refractivity contribution in [3.63, 3.8) is 0 Å². The maximum atomic E-state index is 11.7. The summed E-state index contributed by atoms with van der Waals surface area (Å²) >= 11 is 12.3. The van der Waals surface area contributed by atoms with Crippen LogP contribution in [-0.2, 0) is 19.5 Å². The fourth-order valence-electron chi connectivity index (χ4n) is 2.70. The average molecular weight is 334 g/mol. The van der Waals surface area contributed by atoms with Gasteiger partial charge in [-0.15, -0.1) is 0 Å². The van der Waals surface area contributed by atoms with Crippen LogP contribution in [-0.4, -0.2) is 16.4 Å². The van der Waals surface area contributed by atoms with Gasteiger partial charge in [-0.1, -0.05) is 35.3 Å². The number of pyridine rings is 1. The predicted octanol–water partition coefficient (Wildman–Crippen LogP) is 3.11. The first-order chi connectivity index (χ1) is 10.6. The van der Waals surface area contributed by atoms with Crippen molar-refractivity contribution >= 4 is 23.2 Å². The summed E-state index contributed by atoms with van der Waals surface area (Å²) < 4.78 is 0. The fraction of sp³-hybridized carbons (Fsp3) is 0.250. The quantitative estimate of drug-likeness (QED) is 0.918. The van der Waals surface area contributed by atoms with Gasteiger partial charge in [0.25, 0.3) is 5.56 Å². The molecule has 22 heavy (non-hydrogen) atoms. The van der Waals surface area contributed by atoms with Gasteiger partial charge < -0.3 is 4.98 Å². The zero-order valence-electron chi connectivity index (χ0n) is 11.7. The van der Waals surface area contributed by atoms with Crippen LogP contribution < -0.4 is 5.56 Å². The number of rotatable bonds is 2. The number of hydrogen-bond donors (Lipinski definition) is 1. The molecule has 0 saturated carbocycles. The van der Waals surface area contributed by atoms with Gasteiger partial charge in [0.1, 0.15) is 11.6 Å². The van der Waals surface area contributed by atoms with E-state index < -0.39 is 0 Å². The highest BCUT2D eigenvalue weighted by atomic mass is 35.5. The van der Waals surface area contributed by atoms with E-state index in [0.29, 0.717) is 23.1 Å². The van der Waals surface area contributed by atoms with Crippen LogP contribution in [0.5, 0.6) is 0 Å². The number of benzene rings is 1. The minimum Gasteiger partial charge on any atom is -0.325 e. The number of hydrogen-bond acceptors (Lipinski definition) is 3. The third-order valence-corrected chi connectivity index (χ3v) is 4.69. The normalized spacial score (nSPS) is 14.4. The summed E-state index contributed by atoms with van der Waals surface area (Å²) in [6.07, 6.45) is 0.745. The van der Waals surface area contributed by atoms with Crippen LogP contribution in [0.2, 0.25) is 10.0 Å². The van der Waals surface area contributed by atoms with Gasteiger partial charge in [0.2, 0.25) is 0 Å². The number of nitrogens with zero attached hydrogens (tertiary/aromatic N) is 2. The average Bonchev–Trinajstić information content (AvgIpc) is 2.51. The lowest BCUT2D eigenvalue weighted by molar-refractivity contribution is 0.243. The molecule has 3 rings (SSSR count). The number of fused-ring (bicyclic) bond motifs is 1. The maximum absolute atomic E-state index is 11.7. The topological polar surface area (TPSA) is 59.9 Å². The van der Waals surface area contributed by atoms with Crippen molar-refractivity contribution in [1.82, 2.24) is 9.88 Å². The molecule has 1 N–H and O–H groups in total. The molecule has 112 valence electrons. The van der Waals surface area contributed by atoms with Gasteiger partial charge in [-0.3, -0.25) is 9.69 Å². The first kappa shape index (κ1) is 15.1. The van der Waals surface area contributed by atoms with Crippen molar-refractivity contribution in [3.05, 3.63) is 67.0 Å². The van der Waals surface area contributed by atoms with Crippen LogP contribution in [0.25, 0.3) is 0 Å². The Morgan fingerprint density at radius 3 is 2.95 bits per heavy atom. The highest BCUT2D eigenvalue weighted by Crippen LogP contribution is 2.28. The lowest BCUT2D eigenvalue weighted by Crippen LogP contribution is -2.32. The van der Waals surface area contributed by atoms with Crippen LogP contribution in [0, 0.1) is 11.3 Å². The molecule has 0 spiro atoms. The number of halogens is 2. The molecule has 2 aromatic rings. The van der Waals surface area contributed by atoms with Crippen LogP contribution >= 0.6 is 23.2 Å². The van der Waals surface area contributed by atoms with Gasteiger partial charge in [0.05, 0.1) is 10.0 Å². The third kappa shape index (κ3) is 2.89. The molecule has 1 aliphatic heterocycles. The van der Waals surface area contributed by atoms with Crippen molar-refractivity contribution in [3.8, 4) is 6.07 Å². The van der Waals surface area contributed by atoms with Gasteiger partial charge in [-0.25, -0.2) is 0 Å². The molecule has 0 fully saturated rings. The summed E-state index contributed by atoms with van der Waals surface area (Å²) in [5, 5.41) is 10.1. The molecule has 6 heteroatoms. The molecule has 0 unspecified atom stereocenters. The summed E-state index contributed by atoms with van der Waals surface area (Å²) in [6.45, 7) is 2.17. The van der Waals surface area contributed by atoms with Crippen molar-refractivity contribution in [1.29, 1.82) is 5.26 Å². The molecular weight excluding hydrogens is 321 g/mol. The summed E-state index contributed by atoms with van der Waals surface area (Å²) in [5.74, 6) is 0. The standard InChI is InChI=1S/C16H13Cl2N3O/c17-13-3-1-2-10(15(13)18)8-21-5-4-14-12(9-21)6-11(7-19)16(22)20-14/h1-3,6H,4-5,8-9H2,(H,20,22). The molecule has 1 aliphatic rings. The Morgan fingerprint density at radius 1 is 1.36 bits per heavy atom. The van der Waals surface area contributed by atoms with E-state index in [0.717, 1.165) is 29.8 Å². The highest BCUT2D eigenvalue weighted by molar-refractivity contribution is 6.42. The number of nitriles is 1. The van der Waals surface area contributed by atoms with E-state index in [1.54, 1.807) is 12.1 Å². The predicted molar refractivity (Wildman–Crippen MR) is 86.1 cm³/mol. The van der Waals surface area contributed by atoms with E-state index in [4.69, 9.17) is 28.5 Å². The van der Waals surface area contributed by atoms with Crippen LogP contribution in [0.4, 0.5) is 0 Å². The van der Waals surface area contributed by atoms with Crippen LogP contribution in [0.15, 0.2) is 29.1 Å². The molecule has 2 heterocycles. The second kappa shape index (κ2) is 6.13. The maximum Gasteiger partial charge on any atom is 0.266 e. The molecule has 1 aromatic heterocycles. The van der Waals surface area contributed by atoms with Gasteiger partial charge in [-0.2, -0.15) is 5.26 Å². The number of H-pyrrole nitrogens is 1. The van der Waals surface area contributed by atoms with E-state index >= 15 is 0 Å². The Labute approximate surface area is 137 Å². The SMILES string of the molecule is N#Cc1cc2c([nH]c1=O)CCN(Cc1cccc(Cl)c1Cl)C2. The number of nitrogens with one attached hydrogen (secondary N) is 1. The van der Waals surface area contributed by atoms with E-state index in [2.05, 4.69) is 9.88 Å². The molecule has 0 bridgehead atoms. The van der Waals surface area contributed by atoms with E-state index in [-0.39, 0.29) is 11.1 Å². The van der Waals surface area contributed by atoms with Gasteiger partial charge in [-0.05, 0) is 23.3 Å². The monoisotopic (exact) mass is 333 g/mol. The van der Waals surface area contributed by atoms with Crippen molar-refractivity contribution in [2.45, 2.75) is 19.5 Å². The van der Waals surface area contributed by atoms with Crippen molar-refractivity contribution < 1.29 is 0 Å². The summed E-state index contributed by atoms with van der Waals surface area (Å²) in [5.41, 5.74) is 2.72. The van der Waals surface area contributed by atoms with Crippen molar-refractivity contribution in [2.75, 3.05) is 6.54 Å². The Balaban J connectivity index is 1.84. The molecule has 0 saturated heterocycles. The zero-order valence-corrected chi connectivity index (χ0v) is 13.2. The van der Waals surface area contributed by atoms with Crippen LogP contribution in [0.1, 0.15) is 22.4 Å². The number of aromatic nitrogens is 1. The number of aromatic amines is 1. The largest absolute Gasteiger partial charge is 0.325 e. The molecule has 0 aliphatic carbocycles. The van der Waals surface area contributed by atoms with E-state index in [1.165, 1.54) is 0 Å². The van der Waals surface area contributed by atoms with Gasteiger partial charge in [0, 0.05) is 31.7 Å². The minimum atomic E-state index is -0.312. The Kier molecular flexibility index (Phi) is 4.21. The van der Waals surface area contributed by atoms with Gasteiger partial charge >= 0.3 is 0 Å². The van der Waals surface area contributed by atoms with E-state index in [1.807, 2.05) is 18.2 Å². The summed E-state index contributed by atoms with van der Waals surface area (Å²) in [7, 11) is 0. The summed E-state index contributed by atoms with van der Waals surface area (Å²) in [4.78, 5) is 16.7. The lowest BCUT2D eigenvalue weighted by Gasteiger charge is -2.28. The van der Waals surface area contributed by atoms with Crippen molar-refractivity contribution in [2.24, 2.45) is 0 Å². The summed E-state index contributed by atoms with van der Waals surface area (Å²) in [6, 6.07) is 9.21. The fourth-order valence-corrected chi connectivity index (χ4v) is 3.07. The molecule has 0 radical (unpaired) electrons. The first-order valence-electron chi connectivity index (χ1n) is 6.89. The second-order valence-corrected chi connectivity index (χ2v) is 6.09. The molecule has 1 aromatic carbocycles. The highest BCUT2D eigenvalue weighted by Gasteiger charge is 2.19. The molecule has 4 nitrogen and oxygen atoms in total. The van der Waals surface area contributed by atoms with E-state index in [9.17, 15) is 4.79 Å². The minimum absolute atomic E-state index is 0.154. The Bertz CT molecular complexity index is 823. The van der Waals surface area contributed by atoms with Crippen LogP contribution in [0.3, 0.4) is 0 Å².